The van der Waals surface area contributed by atoms with Crippen molar-refractivity contribution in [1.82, 2.24) is 4.98 Å². The Morgan fingerprint density at radius 2 is 2.22 bits per heavy atom. The molecule has 0 saturated heterocycles. The zero-order valence-electron chi connectivity index (χ0n) is 9.78. The zero-order chi connectivity index (χ0) is 12.4. The highest BCUT2D eigenvalue weighted by Crippen LogP contribution is 2.31. The molecule has 1 aromatic heterocycles. The Labute approximate surface area is 109 Å². The summed E-state index contributed by atoms with van der Waals surface area (Å²) in [5.74, 6) is 1.56. The SMILES string of the molecule is NC(Cc1cncs1)C1COc2ccccc2O1. The van der Waals surface area contributed by atoms with Crippen LogP contribution in [0.15, 0.2) is 36.0 Å². The molecule has 4 nitrogen and oxygen atoms in total. The van der Waals surface area contributed by atoms with E-state index < -0.39 is 0 Å². The Kier molecular flexibility index (Phi) is 3.17. The number of ether oxygens (including phenoxy) is 2. The van der Waals surface area contributed by atoms with Crippen LogP contribution in [0.1, 0.15) is 4.88 Å². The molecule has 2 atom stereocenters. The van der Waals surface area contributed by atoms with Crippen molar-refractivity contribution in [2.24, 2.45) is 5.73 Å². The first-order valence-corrected chi connectivity index (χ1v) is 6.72. The molecular weight excluding hydrogens is 248 g/mol. The molecule has 1 aliphatic rings. The minimum absolute atomic E-state index is 0.0844. The van der Waals surface area contributed by atoms with Crippen LogP contribution < -0.4 is 15.2 Å². The van der Waals surface area contributed by atoms with E-state index in [1.807, 2.05) is 36.0 Å². The number of para-hydroxylation sites is 2. The molecule has 2 N–H and O–H groups in total. The maximum absolute atomic E-state index is 6.17. The van der Waals surface area contributed by atoms with Gasteiger partial charge in [-0.1, -0.05) is 12.1 Å². The molecule has 0 spiro atoms. The molecule has 2 unspecified atom stereocenters. The van der Waals surface area contributed by atoms with Crippen LogP contribution in [0.5, 0.6) is 11.5 Å². The number of thiazole rings is 1. The summed E-state index contributed by atoms with van der Waals surface area (Å²) < 4.78 is 11.5. The quantitative estimate of drug-likeness (QED) is 0.917. The fourth-order valence-corrected chi connectivity index (χ4v) is 2.62. The van der Waals surface area contributed by atoms with Gasteiger partial charge in [0.05, 0.1) is 5.51 Å². The molecule has 0 radical (unpaired) electrons. The molecule has 0 saturated carbocycles. The van der Waals surface area contributed by atoms with E-state index in [-0.39, 0.29) is 12.1 Å². The molecule has 2 aromatic rings. The fourth-order valence-electron chi connectivity index (χ4n) is 1.95. The lowest BCUT2D eigenvalue weighted by Gasteiger charge is -2.30. The van der Waals surface area contributed by atoms with Crippen molar-refractivity contribution in [2.45, 2.75) is 18.6 Å². The number of aromatic nitrogens is 1. The van der Waals surface area contributed by atoms with Gasteiger partial charge in [0.1, 0.15) is 12.7 Å². The van der Waals surface area contributed by atoms with E-state index in [1.165, 1.54) is 4.88 Å². The van der Waals surface area contributed by atoms with Gasteiger partial charge in [-0.25, -0.2) is 0 Å². The van der Waals surface area contributed by atoms with E-state index >= 15 is 0 Å². The molecule has 0 aliphatic carbocycles. The summed E-state index contributed by atoms with van der Waals surface area (Å²) in [4.78, 5) is 5.22. The molecule has 0 bridgehead atoms. The molecule has 94 valence electrons. The predicted octanol–water partition coefficient (Wildman–Crippen LogP) is 1.85. The maximum atomic E-state index is 6.17. The Bertz CT molecular complexity index is 515. The van der Waals surface area contributed by atoms with E-state index in [9.17, 15) is 0 Å². The first-order valence-electron chi connectivity index (χ1n) is 5.84. The summed E-state index contributed by atoms with van der Waals surface area (Å²) in [5.41, 5.74) is 7.99. The third-order valence-corrected chi connectivity index (χ3v) is 3.73. The van der Waals surface area contributed by atoms with E-state index in [0.717, 1.165) is 17.9 Å². The average molecular weight is 262 g/mol. The van der Waals surface area contributed by atoms with Crippen LogP contribution in [0, 0.1) is 0 Å². The number of fused-ring (bicyclic) bond motifs is 1. The van der Waals surface area contributed by atoms with Gasteiger partial charge in [-0.3, -0.25) is 4.98 Å². The maximum Gasteiger partial charge on any atom is 0.161 e. The third-order valence-electron chi connectivity index (χ3n) is 2.93. The second-order valence-electron chi connectivity index (χ2n) is 4.25. The second kappa shape index (κ2) is 4.96. The Morgan fingerprint density at radius 1 is 1.39 bits per heavy atom. The third kappa shape index (κ3) is 2.32. The van der Waals surface area contributed by atoms with Crippen molar-refractivity contribution in [2.75, 3.05) is 6.61 Å². The van der Waals surface area contributed by atoms with Crippen LogP contribution in [0.25, 0.3) is 0 Å². The standard InChI is InChI=1S/C13H14N2O2S/c14-10(5-9-6-15-8-18-9)13-7-16-11-3-1-2-4-12(11)17-13/h1-4,6,8,10,13H,5,7,14H2. The molecule has 1 aromatic carbocycles. The first kappa shape index (κ1) is 11.5. The van der Waals surface area contributed by atoms with Crippen LogP contribution in [0.4, 0.5) is 0 Å². The van der Waals surface area contributed by atoms with Crippen LogP contribution >= 0.6 is 11.3 Å². The van der Waals surface area contributed by atoms with E-state index in [2.05, 4.69) is 4.98 Å². The summed E-state index contributed by atoms with van der Waals surface area (Å²) in [5, 5.41) is 0. The number of benzene rings is 1. The number of nitrogens with zero attached hydrogens (tertiary/aromatic N) is 1. The Balaban J connectivity index is 1.68. The molecule has 1 aliphatic heterocycles. The number of rotatable bonds is 3. The van der Waals surface area contributed by atoms with E-state index in [0.29, 0.717) is 6.61 Å². The van der Waals surface area contributed by atoms with Crippen molar-refractivity contribution in [3.63, 3.8) is 0 Å². The lowest BCUT2D eigenvalue weighted by atomic mass is 10.1. The van der Waals surface area contributed by atoms with Gasteiger partial charge in [0.2, 0.25) is 0 Å². The van der Waals surface area contributed by atoms with Crippen LogP contribution in [0.3, 0.4) is 0 Å². The van der Waals surface area contributed by atoms with Crippen molar-refractivity contribution in [3.8, 4) is 11.5 Å². The molecule has 0 amide bonds. The molecule has 3 rings (SSSR count). The van der Waals surface area contributed by atoms with Gasteiger partial charge in [-0.15, -0.1) is 11.3 Å². The van der Waals surface area contributed by atoms with Crippen LogP contribution in [-0.4, -0.2) is 23.7 Å². The molecule has 18 heavy (non-hydrogen) atoms. The summed E-state index contributed by atoms with van der Waals surface area (Å²) in [7, 11) is 0. The summed E-state index contributed by atoms with van der Waals surface area (Å²) in [6.07, 6.45) is 2.50. The van der Waals surface area contributed by atoms with Gasteiger partial charge in [0, 0.05) is 23.5 Å². The molecule has 5 heteroatoms. The van der Waals surface area contributed by atoms with Gasteiger partial charge in [-0.05, 0) is 12.1 Å². The summed E-state index contributed by atoms with van der Waals surface area (Å²) in [6, 6.07) is 7.58. The Hall–Kier alpha value is -1.59. The highest BCUT2D eigenvalue weighted by atomic mass is 32.1. The zero-order valence-corrected chi connectivity index (χ0v) is 10.6. The predicted molar refractivity (Wildman–Crippen MR) is 70.1 cm³/mol. The van der Waals surface area contributed by atoms with Crippen molar-refractivity contribution >= 4 is 11.3 Å². The van der Waals surface area contributed by atoms with Gasteiger partial charge in [0.25, 0.3) is 0 Å². The highest BCUT2D eigenvalue weighted by Gasteiger charge is 2.26. The first-order chi connectivity index (χ1) is 8.83. The topological polar surface area (TPSA) is 57.4 Å². The van der Waals surface area contributed by atoms with E-state index in [4.69, 9.17) is 15.2 Å². The minimum Gasteiger partial charge on any atom is -0.486 e. The molecule has 0 fully saturated rings. The van der Waals surface area contributed by atoms with Crippen molar-refractivity contribution in [3.05, 3.63) is 40.8 Å². The lowest BCUT2D eigenvalue weighted by Crippen LogP contribution is -2.46. The second-order valence-corrected chi connectivity index (χ2v) is 5.22. The average Bonchev–Trinajstić information content (AvgIpc) is 2.91. The molecule has 2 heterocycles. The van der Waals surface area contributed by atoms with Gasteiger partial charge < -0.3 is 15.2 Å². The minimum atomic E-state index is -0.109. The van der Waals surface area contributed by atoms with Gasteiger partial charge in [0.15, 0.2) is 11.5 Å². The lowest BCUT2D eigenvalue weighted by molar-refractivity contribution is 0.0724. The van der Waals surface area contributed by atoms with Gasteiger partial charge in [-0.2, -0.15) is 0 Å². The van der Waals surface area contributed by atoms with Gasteiger partial charge >= 0.3 is 0 Å². The Morgan fingerprint density at radius 3 is 3.00 bits per heavy atom. The van der Waals surface area contributed by atoms with Crippen LogP contribution in [-0.2, 0) is 6.42 Å². The van der Waals surface area contributed by atoms with Crippen LogP contribution in [0.2, 0.25) is 0 Å². The van der Waals surface area contributed by atoms with Crippen molar-refractivity contribution < 1.29 is 9.47 Å². The number of hydrogen-bond acceptors (Lipinski definition) is 5. The summed E-state index contributed by atoms with van der Waals surface area (Å²) >= 11 is 1.61. The number of hydrogen-bond donors (Lipinski definition) is 1. The highest BCUT2D eigenvalue weighted by molar-refractivity contribution is 7.09. The van der Waals surface area contributed by atoms with Crippen molar-refractivity contribution in [1.29, 1.82) is 0 Å². The largest absolute Gasteiger partial charge is 0.486 e. The smallest absolute Gasteiger partial charge is 0.161 e. The van der Waals surface area contributed by atoms with E-state index in [1.54, 1.807) is 11.3 Å². The molecular formula is C13H14N2O2S. The summed E-state index contributed by atoms with van der Waals surface area (Å²) in [6.45, 7) is 0.497. The normalized spacial score (nSPS) is 19.5. The number of nitrogens with two attached hydrogens (primary N) is 1. The monoisotopic (exact) mass is 262 g/mol. The fraction of sp³-hybridized carbons (Fsp3) is 0.308.